The summed E-state index contributed by atoms with van der Waals surface area (Å²) in [6, 6.07) is 6.43. The lowest BCUT2D eigenvalue weighted by Crippen LogP contribution is -2.22. The number of ketones is 1. The van der Waals surface area contributed by atoms with Gasteiger partial charge in [-0.15, -0.1) is 0 Å². The molecule has 0 aliphatic carbocycles. The zero-order valence-electron chi connectivity index (χ0n) is 13.1. The van der Waals surface area contributed by atoms with E-state index in [0.29, 0.717) is 6.54 Å². The standard InChI is InChI=1S/C17H24N2O/c1-6-18-10-16(20)14-11-19(5)15-8-7-12(9-13(14)15)17(2,3)4/h7-9,11,18H,6,10H2,1-5H3. The average molecular weight is 272 g/mol. The Hall–Kier alpha value is -1.61. The summed E-state index contributed by atoms with van der Waals surface area (Å²) in [6.45, 7) is 9.79. The largest absolute Gasteiger partial charge is 0.350 e. The topological polar surface area (TPSA) is 34.0 Å². The van der Waals surface area contributed by atoms with Crippen LogP contribution < -0.4 is 5.32 Å². The Balaban J connectivity index is 2.52. The Morgan fingerprint density at radius 1 is 1.30 bits per heavy atom. The molecule has 0 saturated heterocycles. The molecule has 1 N–H and O–H groups in total. The van der Waals surface area contributed by atoms with Gasteiger partial charge in [0, 0.05) is 29.7 Å². The number of aryl methyl sites for hydroxylation is 1. The SMILES string of the molecule is CCNCC(=O)c1cn(C)c2ccc(C(C)(C)C)cc12. The fraction of sp³-hybridized carbons (Fsp3) is 0.471. The van der Waals surface area contributed by atoms with Crippen LogP contribution >= 0.6 is 0 Å². The van der Waals surface area contributed by atoms with Crippen molar-refractivity contribution < 1.29 is 4.79 Å². The Morgan fingerprint density at radius 2 is 2.00 bits per heavy atom. The number of carbonyl (C=O) groups is 1. The van der Waals surface area contributed by atoms with Crippen LogP contribution in [0.5, 0.6) is 0 Å². The average Bonchev–Trinajstić information content (AvgIpc) is 2.72. The monoisotopic (exact) mass is 272 g/mol. The fourth-order valence-electron chi connectivity index (χ4n) is 2.41. The summed E-state index contributed by atoms with van der Waals surface area (Å²) >= 11 is 0. The Morgan fingerprint density at radius 3 is 2.60 bits per heavy atom. The highest BCUT2D eigenvalue weighted by molar-refractivity contribution is 6.09. The van der Waals surface area contributed by atoms with Gasteiger partial charge in [-0.25, -0.2) is 0 Å². The fourth-order valence-corrected chi connectivity index (χ4v) is 2.41. The molecule has 0 amide bonds. The van der Waals surface area contributed by atoms with E-state index in [9.17, 15) is 4.79 Å². The molecule has 0 unspecified atom stereocenters. The van der Waals surface area contributed by atoms with Crippen molar-refractivity contribution >= 4 is 16.7 Å². The third-order valence-corrected chi connectivity index (χ3v) is 3.69. The predicted molar refractivity (Wildman–Crippen MR) is 84.5 cm³/mol. The van der Waals surface area contributed by atoms with Crippen LogP contribution in [0.3, 0.4) is 0 Å². The van der Waals surface area contributed by atoms with Gasteiger partial charge in [-0.3, -0.25) is 4.79 Å². The van der Waals surface area contributed by atoms with Crippen molar-refractivity contribution in [1.82, 2.24) is 9.88 Å². The van der Waals surface area contributed by atoms with E-state index in [0.717, 1.165) is 23.0 Å². The lowest BCUT2D eigenvalue weighted by Gasteiger charge is -2.19. The molecule has 1 aromatic heterocycles. The molecular weight excluding hydrogens is 248 g/mol. The molecule has 108 valence electrons. The first-order valence-electron chi connectivity index (χ1n) is 7.18. The molecule has 0 saturated carbocycles. The lowest BCUT2D eigenvalue weighted by atomic mass is 9.86. The van der Waals surface area contributed by atoms with E-state index in [1.807, 2.05) is 24.7 Å². The summed E-state index contributed by atoms with van der Waals surface area (Å²) in [6.07, 6.45) is 1.94. The van der Waals surface area contributed by atoms with Crippen molar-refractivity contribution in [2.24, 2.45) is 7.05 Å². The second kappa shape index (κ2) is 5.41. The number of hydrogen-bond donors (Lipinski definition) is 1. The number of fused-ring (bicyclic) bond motifs is 1. The van der Waals surface area contributed by atoms with Crippen molar-refractivity contribution in [3.05, 3.63) is 35.5 Å². The van der Waals surface area contributed by atoms with Gasteiger partial charge in [0.2, 0.25) is 0 Å². The van der Waals surface area contributed by atoms with Gasteiger partial charge >= 0.3 is 0 Å². The molecule has 2 rings (SSSR count). The number of hydrogen-bond acceptors (Lipinski definition) is 2. The maximum absolute atomic E-state index is 12.3. The molecule has 0 bridgehead atoms. The second-order valence-electron chi connectivity index (χ2n) is 6.34. The summed E-state index contributed by atoms with van der Waals surface area (Å²) in [7, 11) is 1.99. The molecule has 0 spiro atoms. The van der Waals surface area contributed by atoms with Crippen LogP contribution in [0.4, 0.5) is 0 Å². The smallest absolute Gasteiger partial charge is 0.178 e. The van der Waals surface area contributed by atoms with E-state index in [4.69, 9.17) is 0 Å². The van der Waals surface area contributed by atoms with Crippen LogP contribution in [0.1, 0.15) is 43.6 Å². The van der Waals surface area contributed by atoms with E-state index < -0.39 is 0 Å². The molecule has 3 nitrogen and oxygen atoms in total. The second-order valence-corrected chi connectivity index (χ2v) is 6.34. The number of rotatable bonds is 4. The first-order valence-corrected chi connectivity index (χ1v) is 7.18. The quantitative estimate of drug-likeness (QED) is 0.867. The van der Waals surface area contributed by atoms with Crippen molar-refractivity contribution in [2.75, 3.05) is 13.1 Å². The van der Waals surface area contributed by atoms with Crippen LogP contribution in [-0.2, 0) is 12.5 Å². The predicted octanol–water partition coefficient (Wildman–Crippen LogP) is 3.27. The maximum atomic E-state index is 12.3. The summed E-state index contributed by atoms with van der Waals surface area (Å²) in [5, 5.41) is 4.16. The number of nitrogens with zero attached hydrogens (tertiary/aromatic N) is 1. The number of Topliss-reactive ketones (excluding diaryl/α,β-unsaturated/α-hetero) is 1. The molecule has 2 aromatic rings. The Bertz CT molecular complexity index is 632. The van der Waals surface area contributed by atoms with Crippen LogP contribution in [0.25, 0.3) is 10.9 Å². The zero-order chi connectivity index (χ0) is 14.9. The van der Waals surface area contributed by atoms with E-state index in [1.54, 1.807) is 0 Å². The summed E-state index contributed by atoms with van der Waals surface area (Å²) in [5.74, 6) is 0.156. The Labute approximate surface area is 121 Å². The van der Waals surface area contributed by atoms with Gasteiger partial charge in [0.15, 0.2) is 5.78 Å². The lowest BCUT2D eigenvalue weighted by molar-refractivity contribution is 0.0993. The van der Waals surface area contributed by atoms with Crippen molar-refractivity contribution in [2.45, 2.75) is 33.1 Å². The summed E-state index contributed by atoms with van der Waals surface area (Å²) in [4.78, 5) is 12.3. The molecule has 0 aliphatic heterocycles. The number of likely N-dealkylation sites (N-methyl/N-ethyl adjacent to an activating group) is 1. The third kappa shape index (κ3) is 2.78. The molecule has 0 atom stereocenters. The van der Waals surface area contributed by atoms with E-state index in [-0.39, 0.29) is 11.2 Å². The van der Waals surface area contributed by atoms with Crippen LogP contribution in [0.2, 0.25) is 0 Å². The van der Waals surface area contributed by atoms with E-state index >= 15 is 0 Å². The normalized spacial score (nSPS) is 12.1. The highest BCUT2D eigenvalue weighted by Gasteiger charge is 2.18. The first-order chi connectivity index (χ1) is 9.34. The van der Waals surface area contributed by atoms with Crippen molar-refractivity contribution in [1.29, 1.82) is 0 Å². The minimum absolute atomic E-state index is 0.0893. The van der Waals surface area contributed by atoms with Crippen molar-refractivity contribution in [3.8, 4) is 0 Å². The van der Waals surface area contributed by atoms with E-state index in [2.05, 4.69) is 44.3 Å². The molecule has 20 heavy (non-hydrogen) atoms. The molecule has 3 heteroatoms. The van der Waals surface area contributed by atoms with Gasteiger partial charge in [0.25, 0.3) is 0 Å². The van der Waals surface area contributed by atoms with Crippen LogP contribution in [-0.4, -0.2) is 23.4 Å². The molecule has 0 aliphatic rings. The van der Waals surface area contributed by atoms with Gasteiger partial charge in [-0.05, 0) is 29.7 Å². The molecule has 0 fully saturated rings. The first kappa shape index (κ1) is 14.8. The van der Waals surface area contributed by atoms with Gasteiger partial charge in [0.05, 0.1) is 6.54 Å². The number of nitrogens with one attached hydrogen (secondary N) is 1. The molecular formula is C17H24N2O. The van der Waals surface area contributed by atoms with Crippen LogP contribution in [0, 0.1) is 0 Å². The van der Waals surface area contributed by atoms with Gasteiger partial charge < -0.3 is 9.88 Å². The number of aromatic nitrogens is 1. The summed E-state index contributed by atoms with van der Waals surface area (Å²) in [5.41, 5.74) is 3.27. The minimum atomic E-state index is 0.0893. The van der Waals surface area contributed by atoms with Crippen molar-refractivity contribution in [3.63, 3.8) is 0 Å². The molecule has 0 radical (unpaired) electrons. The molecule has 1 heterocycles. The highest BCUT2D eigenvalue weighted by Crippen LogP contribution is 2.28. The van der Waals surface area contributed by atoms with Gasteiger partial charge in [-0.2, -0.15) is 0 Å². The van der Waals surface area contributed by atoms with E-state index in [1.165, 1.54) is 5.56 Å². The number of benzene rings is 1. The summed E-state index contributed by atoms with van der Waals surface area (Å²) < 4.78 is 2.03. The Kier molecular flexibility index (Phi) is 4.00. The van der Waals surface area contributed by atoms with Crippen LogP contribution in [0.15, 0.2) is 24.4 Å². The zero-order valence-corrected chi connectivity index (χ0v) is 13.1. The van der Waals surface area contributed by atoms with Gasteiger partial charge in [-0.1, -0.05) is 33.8 Å². The molecule has 1 aromatic carbocycles. The minimum Gasteiger partial charge on any atom is -0.350 e. The third-order valence-electron chi connectivity index (χ3n) is 3.69. The number of carbonyl (C=O) groups excluding carboxylic acids is 1. The highest BCUT2D eigenvalue weighted by atomic mass is 16.1. The van der Waals surface area contributed by atoms with Gasteiger partial charge in [0.1, 0.15) is 0 Å². The maximum Gasteiger partial charge on any atom is 0.178 e.